The average Bonchev–Trinajstić information content (AvgIpc) is 1.69. The molecule has 4 aromatic heterocycles. The number of hydrogen-bond donors (Lipinski definition) is 0. The maximum absolute atomic E-state index is 11.7. The van der Waals surface area contributed by atoms with Crippen molar-refractivity contribution in [3.63, 3.8) is 0 Å². The molecule has 13 rings (SSSR count). The SMILES string of the molecule is C/C=C\CC1=C(C)C(C(C)C)CC1=O.C=CCC1=C(C)C(C(C)C)CC1=O.C=CCc1ccc(CC(C)C)o1.C=CCc1ccc(CC(C)C)o1.CC(C)CN1CCSC1.CC(C)CN1CCSC1.CC(C)Cc1ccc(Cc2ccccc2)cc1.CC(C)Cc1coc(Cc2ccccc2)c1.CC(C)Cc1coc(Cc2ccccc2)c1.Cc1cc(C)c(CC(C)C)c(C)c1. The molecule has 0 bridgehead atoms. The number of allylic oxidation sites excluding steroid dienone is 9. The summed E-state index contributed by atoms with van der Waals surface area (Å²) < 4.78 is 22.3. The Morgan fingerprint density at radius 1 is 0.366 bits per heavy atom. The van der Waals surface area contributed by atoms with Gasteiger partial charge in [-0.05, 0) is 261 Å². The summed E-state index contributed by atoms with van der Waals surface area (Å²) in [6.07, 6.45) is 27.5. The molecule has 9 aromatic rings. The molecule has 0 radical (unpaired) electrons. The van der Waals surface area contributed by atoms with E-state index >= 15 is 0 Å². The Balaban J connectivity index is 0.000000306. The second-order valence-corrected chi connectivity index (χ2v) is 42.5. The number of carbonyl (C=O) groups excluding carboxylic acids is 2. The Morgan fingerprint density at radius 2 is 0.702 bits per heavy atom. The average molecular weight is 1820 g/mol. The second-order valence-electron chi connectivity index (χ2n) is 40.4. The molecule has 2 unspecified atom stereocenters. The first-order valence-corrected chi connectivity index (χ1v) is 51.7. The van der Waals surface area contributed by atoms with Crippen molar-refractivity contribution in [3.05, 3.63) is 344 Å². The highest BCUT2D eigenvalue weighted by molar-refractivity contribution is 7.99. The number of ketones is 2. The number of aryl methyl sites for hydroxylation is 3. The Labute approximate surface area is 807 Å². The third kappa shape index (κ3) is 48.9. The Kier molecular flexibility index (Phi) is 56.6. The summed E-state index contributed by atoms with van der Waals surface area (Å²) in [6.45, 7) is 73.6. The van der Waals surface area contributed by atoms with Gasteiger partial charge in [-0.3, -0.25) is 19.4 Å². The summed E-state index contributed by atoms with van der Waals surface area (Å²) in [5, 5.41) is 0. The zero-order chi connectivity index (χ0) is 96.9. The fourth-order valence-corrected chi connectivity index (χ4v) is 18.7. The summed E-state index contributed by atoms with van der Waals surface area (Å²) in [5.41, 5.74) is 19.9. The van der Waals surface area contributed by atoms with Crippen molar-refractivity contribution in [1.82, 2.24) is 9.80 Å². The summed E-state index contributed by atoms with van der Waals surface area (Å²) >= 11 is 4.10. The molecule has 2 aliphatic carbocycles. The van der Waals surface area contributed by atoms with E-state index in [1.807, 2.05) is 68.0 Å². The molecule has 0 amide bonds. The molecular weight excluding hydrogens is 1640 g/mol. The van der Waals surface area contributed by atoms with Crippen LogP contribution < -0.4 is 0 Å². The lowest BCUT2D eigenvalue weighted by molar-refractivity contribution is -0.116. The highest BCUT2D eigenvalue weighted by Gasteiger charge is 2.32. The number of thioether (sulfide) groups is 2. The van der Waals surface area contributed by atoms with Gasteiger partial charge in [0.05, 0.1) is 12.5 Å². The van der Waals surface area contributed by atoms with Crippen molar-refractivity contribution < 1.29 is 27.3 Å². The van der Waals surface area contributed by atoms with Crippen molar-refractivity contribution in [2.45, 2.75) is 276 Å². The number of nitrogens with zero attached hydrogens (tertiary/aromatic N) is 2. The molecule has 2 fully saturated rings. The van der Waals surface area contributed by atoms with Crippen LogP contribution in [0.2, 0.25) is 0 Å². The van der Waals surface area contributed by atoms with E-state index in [1.54, 1.807) is 5.56 Å². The van der Waals surface area contributed by atoms with E-state index < -0.39 is 0 Å². The van der Waals surface area contributed by atoms with Crippen LogP contribution in [0.4, 0.5) is 0 Å². The van der Waals surface area contributed by atoms with Gasteiger partial charge in [0.15, 0.2) is 11.6 Å². The van der Waals surface area contributed by atoms with Gasteiger partial charge in [0, 0.05) is 101 Å². The molecule has 2 aliphatic heterocycles. The van der Waals surface area contributed by atoms with Crippen LogP contribution in [0.1, 0.15) is 281 Å². The molecule has 131 heavy (non-hydrogen) atoms. The number of hydrogen-bond acceptors (Lipinski definition) is 10. The van der Waals surface area contributed by atoms with Gasteiger partial charge in [-0.15, -0.1) is 43.3 Å². The lowest BCUT2D eigenvalue weighted by atomic mass is 9.90. The van der Waals surface area contributed by atoms with Gasteiger partial charge >= 0.3 is 0 Å². The zero-order valence-corrected chi connectivity index (χ0v) is 88.2. The fourth-order valence-electron chi connectivity index (χ4n) is 16.7. The number of Topliss-reactive ketones (excluding diaryl/α,β-unsaturated/α-hetero) is 2. The minimum Gasteiger partial charge on any atom is -0.469 e. The van der Waals surface area contributed by atoms with Crippen molar-refractivity contribution in [1.29, 1.82) is 0 Å². The molecule has 5 aromatic carbocycles. The molecule has 6 heterocycles. The lowest BCUT2D eigenvalue weighted by Gasteiger charge is -2.15. The smallest absolute Gasteiger partial charge is 0.159 e. The van der Waals surface area contributed by atoms with Gasteiger partial charge in [-0.25, -0.2) is 0 Å². The summed E-state index contributed by atoms with van der Waals surface area (Å²) in [5.74, 6) is 20.2. The maximum atomic E-state index is 11.7. The zero-order valence-electron chi connectivity index (χ0n) is 86.6. The molecule has 4 aliphatic rings. The molecule has 0 saturated carbocycles. The number of carbonyl (C=O) groups is 2. The minimum atomic E-state index is 0.330. The van der Waals surface area contributed by atoms with E-state index in [-0.39, 0.29) is 0 Å². The molecule has 2 saturated heterocycles. The molecule has 718 valence electrons. The maximum Gasteiger partial charge on any atom is 0.159 e. The second kappa shape index (κ2) is 64.5. The number of furan rings is 4. The first-order chi connectivity index (χ1) is 62.4. The van der Waals surface area contributed by atoms with Gasteiger partial charge in [0.25, 0.3) is 0 Å². The van der Waals surface area contributed by atoms with Gasteiger partial charge < -0.3 is 17.7 Å². The monoisotopic (exact) mass is 1820 g/mol. The van der Waals surface area contributed by atoms with Gasteiger partial charge in [0.2, 0.25) is 0 Å². The predicted molar refractivity (Wildman–Crippen MR) is 572 cm³/mol. The molecule has 0 spiro atoms. The largest absolute Gasteiger partial charge is 0.469 e. The predicted octanol–water partition coefficient (Wildman–Crippen LogP) is 32.8. The van der Waals surface area contributed by atoms with Crippen LogP contribution in [-0.4, -0.2) is 70.8 Å². The normalized spacial score (nSPS) is 14.8. The van der Waals surface area contributed by atoms with Crippen LogP contribution in [0.15, 0.2) is 266 Å². The van der Waals surface area contributed by atoms with Crippen molar-refractivity contribution >= 4 is 35.1 Å². The third-order valence-electron chi connectivity index (χ3n) is 22.8. The van der Waals surface area contributed by atoms with Crippen molar-refractivity contribution in [2.24, 2.45) is 71.0 Å². The third-order valence-corrected chi connectivity index (χ3v) is 24.9. The van der Waals surface area contributed by atoms with E-state index in [1.165, 1.54) is 129 Å². The van der Waals surface area contributed by atoms with E-state index in [0.29, 0.717) is 65.3 Å². The summed E-state index contributed by atoms with van der Waals surface area (Å²) in [4.78, 5) is 28.3. The van der Waals surface area contributed by atoms with Crippen molar-refractivity contribution in [2.75, 3.05) is 49.4 Å². The highest BCUT2D eigenvalue weighted by atomic mass is 32.2. The lowest BCUT2D eigenvalue weighted by Crippen LogP contribution is -2.24. The van der Waals surface area contributed by atoms with Crippen LogP contribution >= 0.6 is 23.5 Å². The number of rotatable bonds is 32. The molecule has 0 N–H and O–H groups in total. The van der Waals surface area contributed by atoms with Crippen LogP contribution in [0.25, 0.3) is 0 Å². The Hall–Kier alpha value is -8.38. The number of benzene rings is 5. The minimum absolute atomic E-state index is 0.330. The summed E-state index contributed by atoms with van der Waals surface area (Å²) in [6, 6.07) is 57.6. The van der Waals surface area contributed by atoms with E-state index in [2.05, 4.69) is 372 Å². The highest BCUT2D eigenvalue weighted by Crippen LogP contribution is 2.37. The van der Waals surface area contributed by atoms with Crippen LogP contribution in [-0.2, 0) is 80.2 Å². The van der Waals surface area contributed by atoms with E-state index in [4.69, 9.17) is 17.7 Å². The van der Waals surface area contributed by atoms with E-state index in [0.717, 1.165) is 146 Å². The van der Waals surface area contributed by atoms with Crippen LogP contribution in [0, 0.1) is 91.8 Å². The quantitative estimate of drug-likeness (QED) is 0.0380. The van der Waals surface area contributed by atoms with Gasteiger partial charge in [-0.2, -0.15) is 0 Å². The van der Waals surface area contributed by atoms with Gasteiger partial charge in [0.1, 0.15) is 34.6 Å². The first-order valence-electron chi connectivity index (χ1n) is 49.4. The standard InChI is InChI=1S/C17H20.2C15H18O.C13H20O.C13H20.C12H18O.2C11H16O.2C7H15NS/c1-14(2)12-16-8-10-17(11-9-16)13-15-6-4-3-5-7-15;2*1-12(2)8-14-10-15(16-11-14)9-13-6-4-3-5-7-13;1-5-6-7-11-10(4)12(9(2)3)8-13(11)14;1-9(2)6-13-11(4)7-10(3)8-12(13)5;1-5-6-10-9(4)11(8(2)3)7-12(10)13;2*1-4-5-10-6-7-11(12-10)8-9(2)3;2*1-7(2)5-8-3-4-9-6-8/h3-11,14H,12-13H2,1-2H3;2*3-7,10-12H,8-9H2,1-2H3;5-6,9,12H,7-8H2,1-4H3;7-9H,6H2,1-5H3;5,8,11H,1,6-7H2,2-4H3;2*4,6-7,9H,1,5,8H2,2-3H3;2*7H,3-6H2,1-2H3/b;;;6-5-;;;;;;. The Morgan fingerprint density at radius 3 is 1.02 bits per heavy atom. The molecule has 2 atom stereocenters. The van der Waals surface area contributed by atoms with Crippen LogP contribution in [0.3, 0.4) is 0 Å². The summed E-state index contributed by atoms with van der Waals surface area (Å²) in [7, 11) is 0. The topological polar surface area (TPSA) is 93.2 Å². The Bertz CT molecular complexity index is 4500. The molecule has 8 nitrogen and oxygen atoms in total. The van der Waals surface area contributed by atoms with Crippen LogP contribution in [0.5, 0.6) is 0 Å². The molecule has 10 heteroatoms. The fraction of sp³-hybridized carbons (Fsp3) is 0.504. The van der Waals surface area contributed by atoms with Crippen molar-refractivity contribution in [3.8, 4) is 0 Å². The van der Waals surface area contributed by atoms with Gasteiger partial charge in [-0.1, -0.05) is 313 Å². The first kappa shape index (κ1) is 115. The molecular formula is C121H176N2O6S2. The van der Waals surface area contributed by atoms with E-state index in [9.17, 15) is 9.59 Å².